The highest BCUT2D eigenvalue weighted by Gasteiger charge is 2.31. The molecule has 2 unspecified atom stereocenters. The van der Waals surface area contributed by atoms with Gasteiger partial charge in [0.15, 0.2) is 5.96 Å². The van der Waals surface area contributed by atoms with Gasteiger partial charge in [-0.15, -0.1) is 0 Å². The summed E-state index contributed by atoms with van der Waals surface area (Å²) in [4.78, 5) is 6.83. The van der Waals surface area contributed by atoms with E-state index in [1.165, 1.54) is 6.42 Å². The maximum Gasteiger partial charge on any atom is 0.191 e. The molecule has 1 aliphatic heterocycles. The molecule has 1 aliphatic rings. The lowest BCUT2D eigenvalue weighted by atomic mass is 10.1. The molecule has 0 aromatic rings. The number of likely N-dealkylation sites (tertiary alicyclic amines) is 1. The molecule has 0 aromatic heterocycles. The first-order chi connectivity index (χ1) is 10.1. The molecule has 5 heteroatoms. The monoisotopic (exact) mass is 298 g/mol. The number of nitrogens with zero attached hydrogens (tertiary/aromatic N) is 2. The predicted octanol–water partition coefficient (Wildman–Crippen LogP) is 1.70. The van der Waals surface area contributed by atoms with Crippen molar-refractivity contribution in [2.45, 2.75) is 52.6 Å². The van der Waals surface area contributed by atoms with Crippen molar-refractivity contribution in [2.24, 2.45) is 10.9 Å². The maximum atomic E-state index is 5.56. The zero-order valence-electron chi connectivity index (χ0n) is 14.5. The first-order valence-electron chi connectivity index (χ1n) is 8.37. The topological polar surface area (TPSA) is 48.9 Å². The molecule has 0 amide bonds. The average Bonchev–Trinajstić information content (AvgIpc) is 2.82. The van der Waals surface area contributed by atoms with Gasteiger partial charge in [0, 0.05) is 45.4 Å². The fourth-order valence-electron chi connectivity index (χ4n) is 2.57. The quantitative estimate of drug-likeness (QED) is 0.407. The van der Waals surface area contributed by atoms with E-state index in [2.05, 4.69) is 48.2 Å². The Bertz CT molecular complexity index is 307. The van der Waals surface area contributed by atoms with Gasteiger partial charge >= 0.3 is 0 Å². The van der Waals surface area contributed by atoms with Gasteiger partial charge in [-0.25, -0.2) is 0 Å². The first kappa shape index (κ1) is 18.2. The number of unbranched alkanes of at least 4 members (excludes halogenated alkanes) is 1. The van der Waals surface area contributed by atoms with Gasteiger partial charge in [0.25, 0.3) is 0 Å². The SMILES string of the molecule is CCCCOCCNC(=NC)NC1CN(C(C)C)CC1C. The van der Waals surface area contributed by atoms with E-state index in [-0.39, 0.29) is 0 Å². The van der Waals surface area contributed by atoms with Crippen molar-refractivity contribution < 1.29 is 4.74 Å². The molecule has 0 bridgehead atoms. The first-order valence-corrected chi connectivity index (χ1v) is 8.37. The fraction of sp³-hybridized carbons (Fsp3) is 0.938. The molecule has 5 nitrogen and oxygen atoms in total. The van der Waals surface area contributed by atoms with E-state index in [0.29, 0.717) is 18.0 Å². The summed E-state index contributed by atoms with van der Waals surface area (Å²) in [7, 11) is 1.83. The van der Waals surface area contributed by atoms with Crippen LogP contribution in [0.5, 0.6) is 0 Å². The van der Waals surface area contributed by atoms with Crippen LogP contribution in [0.25, 0.3) is 0 Å². The molecular formula is C16H34N4O. The van der Waals surface area contributed by atoms with Gasteiger partial charge < -0.3 is 15.4 Å². The Morgan fingerprint density at radius 2 is 2.10 bits per heavy atom. The summed E-state index contributed by atoms with van der Waals surface area (Å²) in [5.74, 6) is 1.53. The van der Waals surface area contributed by atoms with Gasteiger partial charge in [-0.05, 0) is 26.2 Å². The zero-order valence-corrected chi connectivity index (χ0v) is 14.5. The van der Waals surface area contributed by atoms with Crippen molar-refractivity contribution in [1.29, 1.82) is 0 Å². The number of hydrogen-bond donors (Lipinski definition) is 2. The van der Waals surface area contributed by atoms with Crippen LogP contribution in [0.4, 0.5) is 0 Å². The molecular weight excluding hydrogens is 264 g/mol. The highest BCUT2D eigenvalue weighted by atomic mass is 16.5. The largest absolute Gasteiger partial charge is 0.380 e. The smallest absolute Gasteiger partial charge is 0.191 e. The Kier molecular flexibility index (Phi) is 8.69. The van der Waals surface area contributed by atoms with Crippen molar-refractivity contribution in [3.8, 4) is 0 Å². The molecule has 0 aliphatic carbocycles. The van der Waals surface area contributed by atoms with Crippen LogP contribution in [-0.4, -0.2) is 62.8 Å². The third-order valence-electron chi connectivity index (χ3n) is 4.10. The van der Waals surface area contributed by atoms with Crippen LogP contribution in [0.1, 0.15) is 40.5 Å². The van der Waals surface area contributed by atoms with Gasteiger partial charge in [0.05, 0.1) is 6.61 Å². The molecule has 1 saturated heterocycles. The number of rotatable bonds is 8. The Morgan fingerprint density at radius 1 is 1.33 bits per heavy atom. The van der Waals surface area contributed by atoms with E-state index >= 15 is 0 Å². The third kappa shape index (κ3) is 6.66. The lowest BCUT2D eigenvalue weighted by Gasteiger charge is -2.21. The molecule has 0 saturated carbocycles. The van der Waals surface area contributed by atoms with E-state index in [4.69, 9.17) is 4.74 Å². The van der Waals surface area contributed by atoms with Gasteiger partial charge in [-0.3, -0.25) is 9.89 Å². The van der Waals surface area contributed by atoms with Crippen LogP contribution < -0.4 is 10.6 Å². The van der Waals surface area contributed by atoms with E-state index < -0.39 is 0 Å². The average molecular weight is 298 g/mol. The summed E-state index contributed by atoms with van der Waals surface area (Å²) < 4.78 is 5.56. The van der Waals surface area contributed by atoms with Crippen molar-refractivity contribution in [2.75, 3.05) is 39.9 Å². The van der Waals surface area contributed by atoms with Crippen LogP contribution >= 0.6 is 0 Å². The Balaban J connectivity index is 2.25. The molecule has 0 spiro atoms. The summed E-state index contributed by atoms with van der Waals surface area (Å²) in [6, 6.07) is 1.08. The molecule has 1 rings (SSSR count). The van der Waals surface area contributed by atoms with E-state index in [1.54, 1.807) is 0 Å². The second-order valence-electron chi connectivity index (χ2n) is 6.24. The van der Waals surface area contributed by atoms with Gasteiger partial charge in [-0.2, -0.15) is 0 Å². The van der Waals surface area contributed by atoms with Crippen molar-refractivity contribution >= 4 is 5.96 Å². The minimum absolute atomic E-state index is 0.472. The number of aliphatic imine (C=N–C) groups is 1. The normalized spacial score (nSPS) is 23.8. The number of hydrogen-bond acceptors (Lipinski definition) is 3. The number of ether oxygens (including phenoxy) is 1. The molecule has 124 valence electrons. The van der Waals surface area contributed by atoms with Crippen LogP contribution in [0, 0.1) is 5.92 Å². The third-order valence-corrected chi connectivity index (χ3v) is 4.10. The number of nitrogens with one attached hydrogen (secondary N) is 2. The zero-order chi connectivity index (χ0) is 15.7. The summed E-state index contributed by atoms with van der Waals surface area (Å²) in [5, 5.41) is 6.88. The number of guanidine groups is 1. The van der Waals surface area contributed by atoms with E-state index in [1.807, 2.05) is 7.05 Å². The minimum Gasteiger partial charge on any atom is -0.380 e. The Morgan fingerprint density at radius 3 is 2.67 bits per heavy atom. The molecule has 0 radical (unpaired) electrons. The summed E-state index contributed by atoms with van der Waals surface area (Å²) in [6.45, 7) is 13.6. The van der Waals surface area contributed by atoms with Gasteiger partial charge in [0.2, 0.25) is 0 Å². The summed E-state index contributed by atoms with van der Waals surface area (Å²) in [6.07, 6.45) is 2.32. The summed E-state index contributed by atoms with van der Waals surface area (Å²) in [5.41, 5.74) is 0. The minimum atomic E-state index is 0.472. The van der Waals surface area contributed by atoms with Crippen molar-refractivity contribution in [3.05, 3.63) is 0 Å². The van der Waals surface area contributed by atoms with Gasteiger partial charge in [0.1, 0.15) is 0 Å². The fourth-order valence-corrected chi connectivity index (χ4v) is 2.57. The molecule has 1 heterocycles. The maximum absolute atomic E-state index is 5.56. The van der Waals surface area contributed by atoms with E-state index in [9.17, 15) is 0 Å². The van der Waals surface area contributed by atoms with Crippen LogP contribution in [0.15, 0.2) is 4.99 Å². The molecule has 0 aromatic carbocycles. The predicted molar refractivity (Wildman–Crippen MR) is 89.9 cm³/mol. The van der Waals surface area contributed by atoms with E-state index in [0.717, 1.165) is 45.2 Å². The lowest BCUT2D eigenvalue weighted by Crippen LogP contribution is -2.47. The molecule has 2 N–H and O–H groups in total. The standard InChI is InChI=1S/C16H34N4O/c1-6-7-9-21-10-8-18-16(17-5)19-15-12-20(13(2)3)11-14(15)4/h13-15H,6-12H2,1-5H3,(H2,17,18,19). The second kappa shape index (κ2) is 10.0. The van der Waals surface area contributed by atoms with Crippen LogP contribution in [-0.2, 0) is 4.74 Å². The lowest BCUT2D eigenvalue weighted by molar-refractivity contribution is 0.136. The van der Waals surface area contributed by atoms with Crippen LogP contribution in [0.3, 0.4) is 0 Å². The summed E-state index contributed by atoms with van der Waals surface area (Å²) >= 11 is 0. The molecule has 1 fully saturated rings. The highest BCUT2D eigenvalue weighted by Crippen LogP contribution is 2.18. The van der Waals surface area contributed by atoms with Gasteiger partial charge in [-0.1, -0.05) is 20.3 Å². The second-order valence-corrected chi connectivity index (χ2v) is 6.24. The van der Waals surface area contributed by atoms with Crippen LogP contribution in [0.2, 0.25) is 0 Å². The molecule has 2 atom stereocenters. The van der Waals surface area contributed by atoms with Crippen molar-refractivity contribution in [1.82, 2.24) is 15.5 Å². The molecule has 21 heavy (non-hydrogen) atoms. The highest BCUT2D eigenvalue weighted by molar-refractivity contribution is 5.80. The Labute approximate surface area is 130 Å². The Hall–Kier alpha value is -0.810. The van der Waals surface area contributed by atoms with Crippen molar-refractivity contribution in [3.63, 3.8) is 0 Å².